The number of carbonyl (C=O) groups is 2. The second kappa shape index (κ2) is 7.35. The van der Waals surface area contributed by atoms with Gasteiger partial charge in [0.25, 0.3) is 5.91 Å². The number of ether oxygens (including phenoxy) is 1. The van der Waals surface area contributed by atoms with Crippen LogP contribution < -0.4 is 5.32 Å². The van der Waals surface area contributed by atoms with Crippen molar-refractivity contribution in [3.8, 4) is 0 Å². The number of nitrogens with one attached hydrogen (secondary N) is 1. The van der Waals surface area contributed by atoms with Crippen LogP contribution in [0.5, 0.6) is 0 Å². The molecular weight excluding hydrogens is 347 g/mol. The maximum atomic E-state index is 13.6. The molecule has 1 N–H and O–H groups in total. The van der Waals surface area contributed by atoms with E-state index in [1.165, 1.54) is 13.0 Å². The molecule has 1 unspecified atom stereocenters. The van der Waals surface area contributed by atoms with Crippen LogP contribution in [0.4, 0.5) is 18.9 Å². The molecule has 1 atom stereocenters. The van der Waals surface area contributed by atoms with Crippen LogP contribution in [-0.4, -0.2) is 18.0 Å². The highest BCUT2D eigenvalue weighted by Crippen LogP contribution is 2.18. The molecular formula is C16H11ClF3NO3. The third-order valence-electron chi connectivity index (χ3n) is 2.99. The van der Waals surface area contributed by atoms with Gasteiger partial charge in [0.15, 0.2) is 6.10 Å². The van der Waals surface area contributed by atoms with Crippen molar-refractivity contribution < 1.29 is 27.5 Å². The maximum absolute atomic E-state index is 13.6. The number of esters is 1. The summed E-state index contributed by atoms with van der Waals surface area (Å²) in [6, 6.07) is 5.86. The van der Waals surface area contributed by atoms with Crippen LogP contribution in [-0.2, 0) is 9.53 Å². The minimum Gasteiger partial charge on any atom is -0.449 e. The molecule has 4 nitrogen and oxygen atoms in total. The van der Waals surface area contributed by atoms with Crippen molar-refractivity contribution in [2.24, 2.45) is 0 Å². The zero-order chi connectivity index (χ0) is 17.9. The Balaban J connectivity index is 2.05. The summed E-state index contributed by atoms with van der Waals surface area (Å²) in [4.78, 5) is 23.8. The molecule has 2 aromatic carbocycles. The minimum absolute atomic E-state index is 0.119. The second-order valence-corrected chi connectivity index (χ2v) is 5.22. The quantitative estimate of drug-likeness (QED) is 0.843. The van der Waals surface area contributed by atoms with Crippen molar-refractivity contribution in [2.75, 3.05) is 5.32 Å². The topological polar surface area (TPSA) is 55.4 Å². The molecule has 0 aliphatic rings. The number of hydrogen-bond acceptors (Lipinski definition) is 3. The highest BCUT2D eigenvalue weighted by molar-refractivity contribution is 6.30. The summed E-state index contributed by atoms with van der Waals surface area (Å²) in [6.07, 6.45) is -1.35. The smallest absolute Gasteiger partial charge is 0.341 e. The predicted octanol–water partition coefficient (Wildman–Crippen LogP) is 3.94. The Morgan fingerprint density at radius 1 is 1.08 bits per heavy atom. The highest BCUT2D eigenvalue weighted by atomic mass is 35.5. The molecule has 8 heteroatoms. The largest absolute Gasteiger partial charge is 0.449 e. The average Bonchev–Trinajstić information content (AvgIpc) is 2.52. The maximum Gasteiger partial charge on any atom is 0.341 e. The molecule has 2 rings (SSSR count). The van der Waals surface area contributed by atoms with Crippen LogP contribution in [0.1, 0.15) is 17.3 Å². The molecule has 24 heavy (non-hydrogen) atoms. The summed E-state index contributed by atoms with van der Waals surface area (Å²) in [5.74, 6) is -4.61. The van der Waals surface area contributed by atoms with Crippen molar-refractivity contribution in [2.45, 2.75) is 13.0 Å². The van der Waals surface area contributed by atoms with Gasteiger partial charge in [0.2, 0.25) is 0 Å². The first-order valence-electron chi connectivity index (χ1n) is 6.70. The molecule has 126 valence electrons. The Bertz CT molecular complexity index is 798. The SMILES string of the molecule is CC(OC(=O)c1cc(Cl)ccc1F)C(=O)Nc1ccc(F)cc1F. The monoisotopic (exact) mass is 357 g/mol. The van der Waals surface area contributed by atoms with Gasteiger partial charge in [-0.15, -0.1) is 0 Å². The average molecular weight is 358 g/mol. The third kappa shape index (κ3) is 4.26. The van der Waals surface area contributed by atoms with Crippen LogP contribution >= 0.6 is 11.6 Å². The zero-order valence-corrected chi connectivity index (χ0v) is 13.0. The van der Waals surface area contributed by atoms with Crippen LogP contribution in [0.2, 0.25) is 5.02 Å². The summed E-state index contributed by atoms with van der Waals surface area (Å²) < 4.78 is 44.7. The van der Waals surface area contributed by atoms with Crippen LogP contribution in [0.15, 0.2) is 36.4 Å². The molecule has 0 fully saturated rings. The third-order valence-corrected chi connectivity index (χ3v) is 3.23. The number of carbonyl (C=O) groups excluding carboxylic acids is 2. The Morgan fingerprint density at radius 3 is 2.46 bits per heavy atom. The van der Waals surface area contributed by atoms with Crippen molar-refractivity contribution in [3.05, 3.63) is 64.4 Å². The van der Waals surface area contributed by atoms with Crippen molar-refractivity contribution in [1.82, 2.24) is 0 Å². The number of amides is 1. The van der Waals surface area contributed by atoms with Gasteiger partial charge < -0.3 is 10.1 Å². The van der Waals surface area contributed by atoms with E-state index in [1.807, 2.05) is 0 Å². The van der Waals surface area contributed by atoms with E-state index in [2.05, 4.69) is 5.32 Å². The summed E-state index contributed by atoms with van der Waals surface area (Å²) >= 11 is 5.67. The first-order valence-corrected chi connectivity index (χ1v) is 7.07. The Hall–Kier alpha value is -2.54. The lowest BCUT2D eigenvalue weighted by molar-refractivity contribution is -0.123. The summed E-state index contributed by atoms with van der Waals surface area (Å²) in [5.41, 5.74) is -0.714. The van der Waals surface area contributed by atoms with Gasteiger partial charge in [0.1, 0.15) is 17.5 Å². The highest BCUT2D eigenvalue weighted by Gasteiger charge is 2.22. The van der Waals surface area contributed by atoms with Crippen LogP contribution in [0.3, 0.4) is 0 Å². The summed E-state index contributed by atoms with van der Waals surface area (Å²) in [7, 11) is 0. The van der Waals surface area contributed by atoms with E-state index in [0.29, 0.717) is 6.07 Å². The molecule has 0 heterocycles. The van der Waals surface area contributed by atoms with E-state index in [4.69, 9.17) is 16.3 Å². The predicted molar refractivity (Wildman–Crippen MR) is 81.3 cm³/mol. The summed E-state index contributed by atoms with van der Waals surface area (Å²) in [5, 5.41) is 2.26. The van der Waals surface area contributed by atoms with Gasteiger partial charge >= 0.3 is 5.97 Å². The molecule has 0 aliphatic heterocycles. The molecule has 0 aromatic heterocycles. The molecule has 2 aromatic rings. The molecule has 0 spiro atoms. The molecule has 0 saturated carbocycles. The van der Waals surface area contributed by atoms with E-state index in [-0.39, 0.29) is 10.7 Å². The standard InChI is InChI=1S/C16H11ClF3NO3/c1-8(15(22)21-14-5-3-10(18)7-13(14)20)24-16(23)11-6-9(17)2-4-12(11)19/h2-8H,1H3,(H,21,22). The van der Waals surface area contributed by atoms with Gasteiger partial charge in [-0.25, -0.2) is 18.0 Å². The zero-order valence-electron chi connectivity index (χ0n) is 12.3. The summed E-state index contributed by atoms with van der Waals surface area (Å²) in [6.45, 7) is 1.22. The van der Waals surface area contributed by atoms with Gasteiger partial charge in [-0.1, -0.05) is 11.6 Å². The fourth-order valence-corrected chi connectivity index (χ4v) is 1.93. The first kappa shape index (κ1) is 17.8. The van der Waals surface area contributed by atoms with Crippen LogP contribution in [0.25, 0.3) is 0 Å². The van der Waals surface area contributed by atoms with E-state index in [9.17, 15) is 22.8 Å². The fraction of sp³-hybridized carbons (Fsp3) is 0.125. The number of benzene rings is 2. The lowest BCUT2D eigenvalue weighted by Crippen LogP contribution is -2.30. The normalized spacial score (nSPS) is 11.7. The van der Waals surface area contributed by atoms with E-state index in [1.54, 1.807) is 0 Å². The Morgan fingerprint density at radius 2 is 1.79 bits per heavy atom. The van der Waals surface area contributed by atoms with Crippen molar-refractivity contribution >= 4 is 29.2 Å². The van der Waals surface area contributed by atoms with Gasteiger partial charge in [-0.3, -0.25) is 4.79 Å². The van der Waals surface area contributed by atoms with E-state index < -0.39 is 41.0 Å². The fourth-order valence-electron chi connectivity index (χ4n) is 1.76. The van der Waals surface area contributed by atoms with Gasteiger partial charge in [0, 0.05) is 11.1 Å². The minimum atomic E-state index is -1.35. The van der Waals surface area contributed by atoms with E-state index in [0.717, 1.165) is 24.3 Å². The van der Waals surface area contributed by atoms with Crippen molar-refractivity contribution in [1.29, 1.82) is 0 Å². The second-order valence-electron chi connectivity index (χ2n) is 4.79. The molecule has 0 radical (unpaired) electrons. The van der Waals surface area contributed by atoms with Crippen molar-refractivity contribution in [3.63, 3.8) is 0 Å². The van der Waals surface area contributed by atoms with Gasteiger partial charge in [0.05, 0.1) is 11.3 Å². The lowest BCUT2D eigenvalue weighted by Gasteiger charge is -2.14. The number of halogens is 4. The molecule has 0 bridgehead atoms. The number of rotatable bonds is 4. The molecule has 0 saturated heterocycles. The number of anilines is 1. The van der Waals surface area contributed by atoms with Crippen LogP contribution in [0, 0.1) is 17.5 Å². The molecule has 0 aliphatic carbocycles. The first-order chi connectivity index (χ1) is 11.3. The Kier molecular flexibility index (Phi) is 5.46. The Labute approximate surface area is 140 Å². The van der Waals surface area contributed by atoms with Gasteiger partial charge in [-0.05, 0) is 37.3 Å². The number of hydrogen-bond donors (Lipinski definition) is 1. The molecule has 1 amide bonds. The lowest BCUT2D eigenvalue weighted by atomic mass is 10.2. The van der Waals surface area contributed by atoms with Gasteiger partial charge in [-0.2, -0.15) is 0 Å². The van der Waals surface area contributed by atoms with E-state index >= 15 is 0 Å².